The molecule has 1 aliphatic heterocycles. The van der Waals surface area contributed by atoms with E-state index >= 15 is 0 Å². The van der Waals surface area contributed by atoms with Crippen LogP contribution in [0.1, 0.15) is 30.7 Å². The highest BCUT2D eigenvalue weighted by molar-refractivity contribution is 7.19. The van der Waals surface area contributed by atoms with Crippen molar-refractivity contribution in [3.63, 3.8) is 0 Å². The molecular formula is C24H27Cl2N5OS. The summed E-state index contributed by atoms with van der Waals surface area (Å²) in [5, 5.41) is 5.38. The van der Waals surface area contributed by atoms with Gasteiger partial charge in [0.1, 0.15) is 17.0 Å². The molecule has 0 saturated heterocycles. The van der Waals surface area contributed by atoms with Gasteiger partial charge in [-0.15, -0.1) is 11.3 Å². The van der Waals surface area contributed by atoms with Crippen LogP contribution in [0.4, 0.5) is 11.5 Å². The molecule has 1 aliphatic rings. The van der Waals surface area contributed by atoms with Gasteiger partial charge in [0.05, 0.1) is 22.0 Å². The molecule has 0 aliphatic carbocycles. The van der Waals surface area contributed by atoms with E-state index in [9.17, 15) is 4.79 Å². The molecule has 3 aromatic rings. The number of amides is 1. The fourth-order valence-corrected chi connectivity index (χ4v) is 5.26. The highest BCUT2D eigenvalue weighted by atomic mass is 35.5. The monoisotopic (exact) mass is 503 g/mol. The van der Waals surface area contributed by atoms with E-state index in [1.807, 2.05) is 17.0 Å². The number of aromatic nitrogens is 2. The first-order valence-electron chi connectivity index (χ1n) is 11.0. The SMILES string of the molecule is CC(C)N(C)CC=CC(=O)N1CCCc2c(sc3ncnc(Nc4ccc(Cl)c(Cl)c4)c23)C1. The Hall–Kier alpha value is -2.19. The van der Waals surface area contributed by atoms with Crippen molar-refractivity contribution in [2.75, 3.05) is 25.5 Å². The third-order valence-corrected chi connectivity index (χ3v) is 7.75. The van der Waals surface area contributed by atoms with Gasteiger partial charge >= 0.3 is 0 Å². The van der Waals surface area contributed by atoms with Crippen LogP contribution in [0.25, 0.3) is 10.2 Å². The van der Waals surface area contributed by atoms with E-state index in [1.165, 1.54) is 10.4 Å². The van der Waals surface area contributed by atoms with Gasteiger partial charge in [0.25, 0.3) is 0 Å². The molecule has 0 saturated carbocycles. The normalized spacial score (nSPS) is 14.3. The van der Waals surface area contributed by atoms with Crippen LogP contribution in [0.15, 0.2) is 36.7 Å². The second kappa shape index (κ2) is 10.4. The largest absolute Gasteiger partial charge is 0.340 e. The highest BCUT2D eigenvalue weighted by Gasteiger charge is 2.24. The van der Waals surface area contributed by atoms with Gasteiger partial charge in [-0.25, -0.2) is 9.97 Å². The number of fused-ring (bicyclic) bond motifs is 3. The van der Waals surface area contributed by atoms with E-state index in [1.54, 1.807) is 35.9 Å². The molecule has 0 unspecified atom stereocenters. The predicted octanol–water partition coefficient (Wildman–Crippen LogP) is 5.91. The minimum atomic E-state index is 0.0534. The number of anilines is 2. The summed E-state index contributed by atoms with van der Waals surface area (Å²) in [6.45, 7) is 6.35. The second-order valence-corrected chi connectivity index (χ2v) is 10.4. The number of hydrogen-bond donors (Lipinski definition) is 1. The van der Waals surface area contributed by atoms with Crippen molar-refractivity contribution in [3.8, 4) is 0 Å². The van der Waals surface area contributed by atoms with Crippen molar-refractivity contribution in [2.24, 2.45) is 0 Å². The van der Waals surface area contributed by atoms with Crippen LogP contribution in [0, 0.1) is 0 Å². The Morgan fingerprint density at radius 1 is 1.30 bits per heavy atom. The quantitative estimate of drug-likeness (QED) is 0.423. The van der Waals surface area contributed by atoms with Gasteiger partial charge < -0.3 is 15.1 Å². The number of benzene rings is 1. The average molecular weight is 504 g/mol. The number of rotatable bonds is 6. The Morgan fingerprint density at radius 2 is 2.12 bits per heavy atom. The van der Waals surface area contributed by atoms with Crippen LogP contribution in [-0.4, -0.2) is 51.9 Å². The lowest BCUT2D eigenvalue weighted by atomic mass is 10.1. The van der Waals surface area contributed by atoms with Crippen LogP contribution in [0.3, 0.4) is 0 Å². The van der Waals surface area contributed by atoms with Crippen LogP contribution in [0.2, 0.25) is 10.0 Å². The van der Waals surface area contributed by atoms with Gasteiger partial charge in [-0.2, -0.15) is 0 Å². The minimum absolute atomic E-state index is 0.0534. The van der Waals surface area contributed by atoms with E-state index in [0.29, 0.717) is 22.6 Å². The summed E-state index contributed by atoms with van der Waals surface area (Å²) in [6.07, 6.45) is 6.99. The van der Waals surface area contributed by atoms with Crippen molar-refractivity contribution in [3.05, 3.63) is 57.2 Å². The Labute approximate surface area is 208 Å². The number of halogens is 2. The lowest BCUT2D eigenvalue weighted by Crippen LogP contribution is -2.30. The molecule has 0 radical (unpaired) electrons. The smallest absolute Gasteiger partial charge is 0.246 e. The number of nitrogens with zero attached hydrogens (tertiary/aromatic N) is 4. The molecule has 9 heteroatoms. The van der Waals surface area contributed by atoms with Crippen LogP contribution in [-0.2, 0) is 17.8 Å². The number of thiophene rings is 1. The maximum absolute atomic E-state index is 12.9. The number of carbonyl (C=O) groups is 1. The first-order chi connectivity index (χ1) is 15.8. The maximum atomic E-state index is 12.9. The summed E-state index contributed by atoms with van der Waals surface area (Å²) < 4.78 is 0. The standard InChI is InChI=1S/C24H27Cl2N5OS/c1-15(2)30(3)10-5-7-21(32)31-11-4-6-17-20(13-31)33-24-22(17)23(27-14-28-24)29-16-8-9-18(25)19(26)12-16/h5,7-9,12,14-15H,4,6,10-11,13H2,1-3H3,(H,27,28,29). The third-order valence-electron chi connectivity index (χ3n) is 5.89. The minimum Gasteiger partial charge on any atom is -0.340 e. The van der Waals surface area contributed by atoms with Gasteiger partial charge in [-0.05, 0) is 57.5 Å². The van der Waals surface area contributed by atoms with E-state index in [0.717, 1.165) is 47.7 Å². The van der Waals surface area contributed by atoms with Crippen molar-refractivity contribution in [1.82, 2.24) is 19.8 Å². The van der Waals surface area contributed by atoms with Gasteiger partial charge in [0.2, 0.25) is 5.91 Å². The van der Waals surface area contributed by atoms with E-state index in [-0.39, 0.29) is 5.91 Å². The number of hydrogen-bond acceptors (Lipinski definition) is 6. The third kappa shape index (κ3) is 5.49. The van der Waals surface area contributed by atoms with Gasteiger partial charge in [-0.1, -0.05) is 29.3 Å². The Balaban J connectivity index is 1.57. The fraction of sp³-hybridized carbons (Fsp3) is 0.375. The molecule has 0 spiro atoms. The van der Waals surface area contributed by atoms with E-state index in [2.05, 4.69) is 41.1 Å². The number of aryl methyl sites for hydroxylation is 1. The first-order valence-corrected chi connectivity index (χ1v) is 12.5. The zero-order chi connectivity index (χ0) is 23.5. The molecule has 0 bridgehead atoms. The molecule has 4 rings (SSSR count). The van der Waals surface area contributed by atoms with Gasteiger partial charge in [-0.3, -0.25) is 4.79 Å². The van der Waals surface area contributed by atoms with Crippen molar-refractivity contribution >= 4 is 62.2 Å². The second-order valence-electron chi connectivity index (χ2n) is 8.46. The molecule has 2 aromatic heterocycles. The first kappa shape index (κ1) is 24.0. The van der Waals surface area contributed by atoms with E-state index < -0.39 is 0 Å². The van der Waals surface area contributed by atoms with Crippen molar-refractivity contribution in [2.45, 2.75) is 39.3 Å². The van der Waals surface area contributed by atoms with Crippen LogP contribution >= 0.6 is 34.5 Å². The lowest BCUT2D eigenvalue weighted by Gasteiger charge is -2.20. The molecule has 174 valence electrons. The van der Waals surface area contributed by atoms with Crippen LogP contribution in [0.5, 0.6) is 0 Å². The summed E-state index contributed by atoms with van der Waals surface area (Å²) in [6, 6.07) is 5.86. The Bertz CT molecular complexity index is 1190. The molecule has 1 aromatic carbocycles. The van der Waals surface area contributed by atoms with Crippen molar-refractivity contribution < 1.29 is 4.79 Å². The van der Waals surface area contributed by atoms with Crippen molar-refractivity contribution in [1.29, 1.82) is 0 Å². The van der Waals surface area contributed by atoms with Gasteiger partial charge in [0, 0.05) is 35.8 Å². The molecule has 1 N–H and O–H groups in total. The zero-order valence-corrected chi connectivity index (χ0v) is 21.3. The predicted molar refractivity (Wildman–Crippen MR) is 138 cm³/mol. The Kier molecular flexibility index (Phi) is 7.54. The lowest BCUT2D eigenvalue weighted by molar-refractivity contribution is -0.126. The summed E-state index contributed by atoms with van der Waals surface area (Å²) in [4.78, 5) is 28.1. The summed E-state index contributed by atoms with van der Waals surface area (Å²) in [7, 11) is 2.06. The number of carbonyl (C=O) groups excluding carboxylic acids is 1. The molecule has 3 heterocycles. The topological polar surface area (TPSA) is 61.4 Å². The number of likely N-dealkylation sites (N-methyl/N-ethyl adjacent to an activating group) is 1. The Morgan fingerprint density at radius 3 is 2.88 bits per heavy atom. The fourth-order valence-electron chi connectivity index (χ4n) is 3.76. The average Bonchev–Trinajstić information content (AvgIpc) is 3.00. The van der Waals surface area contributed by atoms with Gasteiger partial charge in [0.15, 0.2) is 0 Å². The van der Waals surface area contributed by atoms with Crippen LogP contribution < -0.4 is 5.32 Å². The summed E-state index contributed by atoms with van der Waals surface area (Å²) >= 11 is 13.9. The molecule has 0 fully saturated rings. The molecular weight excluding hydrogens is 477 g/mol. The summed E-state index contributed by atoms with van der Waals surface area (Å²) in [5.41, 5.74) is 2.03. The summed E-state index contributed by atoms with van der Waals surface area (Å²) in [5.74, 6) is 0.796. The van der Waals surface area contributed by atoms with E-state index in [4.69, 9.17) is 23.2 Å². The zero-order valence-electron chi connectivity index (χ0n) is 18.9. The molecule has 6 nitrogen and oxygen atoms in total. The maximum Gasteiger partial charge on any atom is 0.246 e. The molecule has 1 amide bonds. The molecule has 0 atom stereocenters. The number of nitrogens with one attached hydrogen (secondary N) is 1. The molecule has 33 heavy (non-hydrogen) atoms. The highest BCUT2D eigenvalue weighted by Crippen LogP contribution is 2.38.